The van der Waals surface area contributed by atoms with E-state index >= 15 is 0 Å². The molecule has 2 fully saturated rings. The SMILES string of the molecule is O=C(O)CCC1CCN(C(=O)CCN2CCSC2=O)CC1. The predicted octanol–water partition coefficient (Wildman–Crippen LogP) is 1.65. The van der Waals surface area contributed by atoms with Crippen molar-refractivity contribution in [3.8, 4) is 0 Å². The van der Waals surface area contributed by atoms with Crippen LogP contribution in [0.15, 0.2) is 0 Å². The van der Waals surface area contributed by atoms with Crippen LogP contribution in [0.5, 0.6) is 0 Å². The highest BCUT2D eigenvalue weighted by Gasteiger charge is 2.25. The van der Waals surface area contributed by atoms with Gasteiger partial charge in [-0.2, -0.15) is 0 Å². The fourth-order valence-electron chi connectivity index (χ4n) is 2.82. The van der Waals surface area contributed by atoms with E-state index in [0.717, 1.165) is 25.1 Å². The number of thioether (sulfide) groups is 1. The third kappa shape index (κ3) is 4.91. The largest absolute Gasteiger partial charge is 0.481 e. The quantitative estimate of drug-likeness (QED) is 0.806. The summed E-state index contributed by atoms with van der Waals surface area (Å²) in [6, 6.07) is 0. The van der Waals surface area contributed by atoms with Crippen LogP contribution in [0.25, 0.3) is 0 Å². The summed E-state index contributed by atoms with van der Waals surface area (Å²) in [5, 5.41) is 8.76. The lowest BCUT2D eigenvalue weighted by atomic mass is 9.92. The van der Waals surface area contributed by atoms with Gasteiger partial charge in [-0.25, -0.2) is 0 Å². The average Bonchev–Trinajstić information content (AvgIpc) is 2.88. The Morgan fingerprint density at radius 2 is 1.90 bits per heavy atom. The second-order valence-electron chi connectivity index (χ2n) is 5.61. The van der Waals surface area contributed by atoms with Crippen molar-refractivity contribution in [2.75, 3.05) is 31.9 Å². The molecule has 0 aliphatic carbocycles. The van der Waals surface area contributed by atoms with Gasteiger partial charge < -0.3 is 14.9 Å². The molecule has 6 nitrogen and oxygen atoms in total. The summed E-state index contributed by atoms with van der Waals surface area (Å²) in [4.78, 5) is 37.7. The van der Waals surface area contributed by atoms with Gasteiger partial charge in [0.1, 0.15) is 0 Å². The van der Waals surface area contributed by atoms with E-state index in [2.05, 4.69) is 0 Å². The van der Waals surface area contributed by atoms with Crippen LogP contribution in [0.4, 0.5) is 4.79 Å². The number of likely N-dealkylation sites (tertiary alicyclic amines) is 1. The van der Waals surface area contributed by atoms with Crippen LogP contribution >= 0.6 is 11.8 Å². The zero-order valence-corrected chi connectivity index (χ0v) is 12.9. The number of carbonyl (C=O) groups excluding carboxylic acids is 2. The third-order valence-electron chi connectivity index (χ3n) is 4.17. The maximum Gasteiger partial charge on any atom is 0.303 e. The van der Waals surface area contributed by atoms with Crippen LogP contribution in [0.1, 0.15) is 32.1 Å². The van der Waals surface area contributed by atoms with Crippen molar-refractivity contribution in [2.24, 2.45) is 5.92 Å². The highest BCUT2D eigenvalue weighted by molar-refractivity contribution is 8.13. The first-order chi connectivity index (χ1) is 10.1. The molecule has 0 aromatic carbocycles. The topological polar surface area (TPSA) is 77.9 Å². The molecular weight excluding hydrogens is 292 g/mol. The number of carbonyl (C=O) groups is 3. The normalized spacial score (nSPS) is 20.1. The molecule has 2 heterocycles. The number of aliphatic carboxylic acids is 1. The second-order valence-corrected chi connectivity index (χ2v) is 6.65. The highest BCUT2D eigenvalue weighted by atomic mass is 32.2. The smallest absolute Gasteiger partial charge is 0.303 e. The fraction of sp³-hybridized carbons (Fsp3) is 0.786. The molecule has 0 bridgehead atoms. The van der Waals surface area contributed by atoms with E-state index in [4.69, 9.17) is 5.11 Å². The van der Waals surface area contributed by atoms with E-state index in [0.29, 0.717) is 38.4 Å². The molecule has 2 aliphatic heterocycles. The summed E-state index contributed by atoms with van der Waals surface area (Å²) < 4.78 is 0. The van der Waals surface area contributed by atoms with Gasteiger partial charge in [0.2, 0.25) is 5.91 Å². The maximum absolute atomic E-state index is 12.1. The van der Waals surface area contributed by atoms with E-state index in [1.165, 1.54) is 11.8 Å². The Hall–Kier alpha value is -1.24. The van der Waals surface area contributed by atoms with Crippen LogP contribution in [0.2, 0.25) is 0 Å². The molecule has 2 saturated heterocycles. The summed E-state index contributed by atoms with van der Waals surface area (Å²) in [5.74, 6) is 0.599. The lowest BCUT2D eigenvalue weighted by Crippen LogP contribution is -2.40. The van der Waals surface area contributed by atoms with E-state index in [-0.39, 0.29) is 17.6 Å². The first kappa shape index (κ1) is 16.1. The van der Waals surface area contributed by atoms with E-state index in [1.54, 1.807) is 4.90 Å². The Labute approximate surface area is 128 Å². The molecule has 0 aromatic rings. The fourth-order valence-corrected chi connectivity index (χ4v) is 3.67. The van der Waals surface area contributed by atoms with Crippen LogP contribution in [-0.2, 0) is 9.59 Å². The van der Waals surface area contributed by atoms with E-state index in [1.807, 2.05) is 4.90 Å². The van der Waals surface area contributed by atoms with Crippen molar-refractivity contribution >= 4 is 28.9 Å². The number of nitrogens with zero attached hydrogens (tertiary/aromatic N) is 2. The van der Waals surface area contributed by atoms with Gasteiger partial charge in [-0.1, -0.05) is 11.8 Å². The van der Waals surface area contributed by atoms with Crippen LogP contribution < -0.4 is 0 Å². The second kappa shape index (κ2) is 7.68. The summed E-state index contributed by atoms with van der Waals surface area (Å²) in [7, 11) is 0. The van der Waals surface area contributed by atoms with Crippen LogP contribution in [-0.4, -0.2) is 64.0 Å². The molecule has 0 atom stereocenters. The molecule has 7 heteroatoms. The van der Waals surface area contributed by atoms with Gasteiger partial charge in [0.15, 0.2) is 0 Å². The monoisotopic (exact) mass is 314 g/mol. The van der Waals surface area contributed by atoms with Gasteiger partial charge in [0, 0.05) is 44.8 Å². The predicted molar refractivity (Wildman–Crippen MR) is 80.2 cm³/mol. The summed E-state index contributed by atoms with van der Waals surface area (Å²) in [6.45, 7) is 2.69. The molecule has 0 aromatic heterocycles. The molecule has 2 aliphatic rings. The van der Waals surface area contributed by atoms with Crippen LogP contribution in [0.3, 0.4) is 0 Å². The zero-order chi connectivity index (χ0) is 15.2. The molecule has 118 valence electrons. The molecule has 0 saturated carbocycles. The Balaban J connectivity index is 1.65. The van der Waals surface area contributed by atoms with E-state index < -0.39 is 5.97 Å². The van der Waals surface area contributed by atoms with Crippen molar-refractivity contribution in [3.63, 3.8) is 0 Å². The van der Waals surface area contributed by atoms with Crippen molar-refractivity contribution in [1.82, 2.24) is 9.80 Å². The minimum Gasteiger partial charge on any atom is -0.481 e. The Bertz CT molecular complexity index is 408. The van der Waals surface area contributed by atoms with Gasteiger partial charge in [-0.15, -0.1) is 0 Å². The molecular formula is C14H22N2O4S. The molecule has 1 N–H and O–H groups in total. The number of carboxylic acids is 1. The van der Waals surface area contributed by atoms with Crippen molar-refractivity contribution in [3.05, 3.63) is 0 Å². The summed E-state index contributed by atoms with van der Waals surface area (Å²) in [5.41, 5.74) is 0. The first-order valence-corrected chi connectivity index (χ1v) is 8.46. The number of piperidine rings is 1. The van der Waals surface area contributed by atoms with Gasteiger partial charge in [-0.05, 0) is 25.2 Å². The zero-order valence-electron chi connectivity index (χ0n) is 12.1. The minimum absolute atomic E-state index is 0.0789. The number of hydrogen-bond acceptors (Lipinski definition) is 4. The molecule has 2 amide bonds. The Morgan fingerprint density at radius 1 is 1.19 bits per heavy atom. The van der Waals surface area contributed by atoms with Gasteiger partial charge >= 0.3 is 5.97 Å². The van der Waals surface area contributed by atoms with Gasteiger partial charge in [-0.3, -0.25) is 14.4 Å². The number of rotatable bonds is 6. The average molecular weight is 314 g/mol. The summed E-state index contributed by atoms with van der Waals surface area (Å²) in [6.07, 6.45) is 3.09. The number of carboxylic acid groups (broad SMARTS) is 1. The number of hydrogen-bond donors (Lipinski definition) is 1. The summed E-state index contributed by atoms with van der Waals surface area (Å²) >= 11 is 1.31. The standard InChI is InChI=1S/C14H22N2O4S/c17-12(5-8-16-9-10-21-14(16)20)15-6-3-11(4-7-15)1-2-13(18)19/h11H,1-10H2,(H,18,19). The van der Waals surface area contributed by atoms with E-state index in [9.17, 15) is 14.4 Å². The molecule has 2 rings (SSSR count). The lowest BCUT2D eigenvalue weighted by molar-refractivity contribution is -0.138. The molecule has 0 radical (unpaired) electrons. The van der Waals surface area contributed by atoms with Gasteiger partial charge in [0.05, 0.1) is 0 Å². The Morgan fingerprint density at radius 3 is 2.48 bits per heavy atom. The maximum atomic E-state index is 12.1. The van der Waals surface area contributed by atoms with Crippen molar-refractivity contribution < 1.29 is 19.5 Å². The first-order valence-electron chi connectivity index (χ1n) is 7.47. The molecule has 0 unspecified atom stereocenters. The van der Waals surface area contributed by atoms with Crippen molar-refractivity contribution in [1.29, 1.82) is 0 Å². The molecule has 0 spiro atoms. The minimum atomic E-state index is -0.748. The van der Waals surface area contributed by atoms with Crippen LogP contribution in [0, 0.1) is 5.92 Å². The molecule has 21 heavy (non-hydrogen) atoms. The highest BCUT2D eigenvalue weighted by Crippen LogP contribution is 2.23. The third-order valence-corrected chi connectivity index (χ3v) is 5.07. The van der Waals surface area contributed by atoms with Gasteiger partial charge in [0.25, 0.3) is 5.24 Å². The lowest BCUT2D eigenvalue weighted by Gasteiger charge is -2.32. The Kier molecular flexibility index (Phi) is 5.90. The van der Waals surface area contributed by atoms with Crippen molar-refractivity contribution in [2.45, 2.75) is 32.1 Å². The number of amides is 2.